The van der Waals surface area contributed by atoms with E-state index in [1.54, 1.807) is 65.0 Å². The Labute approximate surface area is 223 Å². The van der Waals surface area contributed by atoms with Crippen LogP contribution < -0.4 is 10.6 Å². The van der Waals surface area contributed by atoms with E-state index < -0.39 is 35.6 Å². The standard InChI is InChI=1S/C28H36ClN3O5/c1-15-10-9-13-20(29)22(15)31-25(34)23(19-12-8-11-16(2)24(19)33)32(21-14-17(21)3)26(35)18(4)30-27(36)37-28(5,6)7/h8-13,17-18,21,23,33H,14H2,1-7H3,(H,30,36)(H,31,34). The van der Waals surface area contributed by atoms with Gasteiger partial charge in [-0.15, -0.1) is 0 Å². The van der Waals surface area contributed by atoms with Crippen LogP contribution in [0.3, 0.4) is 0 Å². The van der Waals surface area contributed by atoms with Crippen molar-refractivity contribution in [1.29, 1.82) is 0 Å². The molecule has 0 saturated heterocycles. The highest BCUT2D eigenvalue weighted by atomic mass is 35.5. The largest absolute Gasteiger partial charge is 0.507 e. The number of nitrogens with zero attached hydrogens (tertiary/aromatic N) is 1. The summed E-state index contributed by atoms with van der Waals surface area (Å²) >= 11 is 6.38. The van der Waals surface area contributed by atoms with Crippen molar-refractivity contribution < 1.29 is 24.2 Å². The summed E-state index contributed by atoms with van der Waals surface area (Å²) in [5.74, 6) is -0.912. The molecule has 2 aromatic rings. The van der Waals surface area contributed by atoms with Gasteiger partial charge in [-0.3, -0.25) is 9.59 Å². The lowest BCUT2D eigenvalue weighted by Gasteiger charge is -2.34. The number of nitrogens with one attached hydrogen (secondary N) is 2. The Morgan fingerprint density at radius 1 is 1.11 bits per heavy atom. The molecular weight excluding hydrogens is 494 g/mol. The van der Waals surface area contributed by atoms with Crippen LogP contribution in [0.25, 0.3) is 0 Å². The Hall–Kier alpha value is -3.26. The van der Waals surface area contributed by atoms with Gasteiger partial charge >= 0.3 is 6.09 Å². The van der Waals surface area contributed by atoms with E-state index in [2.05, 4.69) is 10.6 Å². The first-order valence-electron chi connectivity index (χ1n) is 12.4. The van der Waals surface area contributed by atoms with Crippen molar-refractivity contribution in [3.05, 3.63) is 58.1 Å². The van der Waals surface area contributed by atoms with Crippen LogP contribution in [-0.4, -0.2) is 45.6 Å². The number of aromatic hydroxyl groups is 1. The molecule has 4 atom stereocenters. The number of aryl methyl sites for hydroxylation is 2. The maximum atomic E-state index is 13.9. The number of rotatable bonds is 7. The van der Waals surface area contributed by atoms with E-state index in [9.17, 15) is 19.5 Å². The van der Waals surface area contributed by atoms with Gasteiger partial charge in [-0.1, -0.05) is 48.9 Å². The molecule has 0 bridgehead atoms. The van der Waals surface area contributed by atoms with Gasteiger partial charge in [-0.2, -0.15) is 0 Å². The Bertz CT molecular complexity index is 1170. The molecule has 9 heteroatoms. The molecule has 3 amide bonds. The summed E-state index contributed by atoms with van der Waals surface area (Å²) in [4.78, 5) is 41.6. The third-order valence-corrected chi connectivity index (χ3v) is 6.66. The molecule has 0 aromatic heterocycles. The second-order valence-corrected chi connectivity index (χ2v) is 11.1. The molecule has 3 rings (SSSR count). The topological polar surface area (TPSA) is 108 Å². The second kappa shape index (κ2) is 11.0. The quantitative estimate of drug-likeness (QED) is 0.439. The third-order valence-electron chi connectivity index (χ3n) is 6.34. The lowest BCUT2D eigenvalue weighted by molar-refractivity contribution is -0.141. The molecule has 1 aliphatic rings. The van der Waals surface area contributed by atoms with Crippen LogP contribution in [0.2, 0.25) is 5.02 Å². The number of hydrogen-bond acceptors (Lipinski definition) is 5. The van der Waals surface area contributed by atoms with Gasteiger partial charge in [0.15, 0.2) is 0 Å². The van der Waals surface area contributed by atoms with Gasteiger partial charge in [-0.05, 0) is 71.1 Å². The van der Waals surface area contributed by atoms with E-state index in [0.717, 1.165) is 5.56 Å². The lowest BCUT2D eigenvalue weighted by atomic mass is 9.98. The van der Waals surface area contributed by atoms with Crippen LogP contribution in [0.4, 0.5) is 10.5 Å². The van der Waals surface area contributed by atoms with Gasteiger partial charge in [0.1, 0.15) is 23.4 Å². The summed E-state index contributed by atoms with van der Waals surface area (Å²) in [5, 5.41) is 16.8. The SMILES string of the molecule is Cc1cccc(C(C(=O)Nc2c(C)cccc2Cl)N(C(=O)C(C)NC(=O)OC(C)(C)C)C2CC2C)c1O. The molecule has 3 N–H and O–H groups in total. The molecule has 2 aromatic carbocycles. The van der Waals surface area contributed by atoms with Crippen molar-refractivity contribution in [1.82, 2.24) is 10.2 Å². The van der Waals surface area contributed by atoms with E-state index in [4.69, 9.17) is 16.3 Å². The van der Waals surface area contributed by atoms with Crippen LogP contribution in [0, 0.1) is 19.8 Å². The number of carbonyl (C=O) groups is 3. The predicted octanol–water partition coefficient (Wildman–Crippen LogP) is 5.49. The maximum Gasteiger partial charge on any atom is 0.408 e. The number of phenolic OH excluding ortho intramolecular Hbond substituents is 1. The highest BCUT2D eigenvalue weighted by Crippen LogP contribution is 2.43. The van der Waals surface area contributed by atoms with Crippen molar-refractivity contribution >= 4 is 35.2 Å². The lowest BCUT2D eigenvalue weighted by Crippen LogP contribution is -2.52. The molecule has 1 fully saturated rings. The fraction of sp³-hybridized carbons (Fsp3) is 0.464. The number of alkyl carbamates (subject to hydrolysis) is 1. The van der Waals surface area contributed by atoms with Crippen molar-refractivity contribution in [3.63, 3.8) is 0 Å². The molecule has 8 nitrogen and oxygen atoms in total. The van der Waals surface area contributed by atoms with Crippen LogP contribution >= 0.6 is 11.6 Å². The number of anilines is 1. The van der Waals surface area contributed by atoms with Gasteiger partial charge in [-0.25, -0.2) is 4.79 Å². The molecule has 1 aliphatic carbocycles. The number of halogens is 1. The zero-order valence-electron chi connectivity index (χ0n) is 22.4. The monoisotopic (exact) mass is 529 g/mol. The van der Waals surface area contributed by atoms with E-state index in [-0.39, 0.29) is 17.7 Å². The summed E-state index contributed by atoms with van der Waals surface area (Å²) in [6.07, 6.45) is -0.0462. The van der Waals surface area contributed by atoms with E-state index in [1.165, 1.54) is 4.90 Å². The first-order valence-corrected chi connectivity index (χ1v) is 12.7. The summed E-state index contributed by atoms with van der Waals surface area (Å²) in [7, 11) is 0. The van der Waals surface area contributed by atoms with Crippen molar-refractivity contribution in [2.45, 2.75) is 78.6 Å². The zero-order valence-corrected chi connectivity index (χ0v) is 23.1. The molecule has 0 aliphatic heterocycles. The first-order chi connectivity index (χ1) is 17.2. The van der Waals surface area contributed by atoms with Crippen LogP contribution in [0.15, 0.2) is 36.4 Å². The van der Waals surface area contributed by atoms with Crippen LogP contribution in [0.1, 0.15) is 63.8 Å². The fourth-order valence-corrected chi connectivity index (χ4v) is 4.51. The average Bonchev–Trinajstić information content (AvgIpc) is 3.50. The smallest absolute Gasteiger partial charge is 0.408 e. The van der Waals surface area contributed by atoms with E-state index in [0.29, 0.717) is 28.3 Å². The van der Waals surface area contributed by atoms with Gasteiger partial charge in [0.2, 0.25) is 5.91 Å². The third kappa shape index (κ3) is 6.74. The molecule has 1 saturated carbocycles. The maximum absolute atomic E-state index is 13.9. The van der Waals surface area contributed by atoms with Gasteiger partial charge in [0.25, 0.3) is 5.91 Å². The molecule has 4 unspecified atom stereocenters. The minimum Gasteiger partial charge on any atom is -0.507 e. The minimum atomic E-state index is -1.17. The predicted molar refractivity (Wildman–Crippen MR) is 144 cm³/mol. The van der Waals surface area contributed by atoms with Crippen LogP contribution in [-0.2, 0) is 14.3 Å². The molecule has 0 radical (unpaired) electrons. The van der Waals surface area contributed by atoms with Crippen molar-refractivity contribution in [2.75, 3.05) is 5.32 Å². The number of para-hydroxylation sites is 2. The highest BCUT2D eigenvalue weighted by molar-refractivity contribution is 6.34. The van der Waals surface area contributed by atoms with E-state index >= 15 is 0 Å². The van der Waals surface area contributed by atoms with Crippen molar-refractivity contribution in [2.24, 2.45) is 5.92 Å². The number of hydrogen-bond donors (Lipinski definition) is 3. The summed E-state index contributed by atoms with van der Waals surface area (Å²) in [5.41, 5.74) is 1.31. The van der Waals surface area contributed by atoms with Gasteiger partial charge < -0.3 is 25.4 Å². The zero-order chi connectivity index (χ0) is 27.7. The van der Waals surface area contributed by atoms with Gasteiger partial charge in [0.05, 0.1) is 10.7 Å². The minimum absolute atomic E-state index is 0.0719. The number of phenols is 1. The Morgan fingerprint density at radius 3 is 2.27 bits per heavy atom. The Balaban J connectivity index is 2.03. The Kier molecular flexibility index (Phi) is 8.42. The fourth-order valence-electron chi connectivity index (χ4n) is 4.24. The first kappa shape index (κ1) is 28.3. The Morgan fingerprint density at radius 2 is 1.70 bits per heavy atom. The summed E-state index contributed by atoms with van der Waals surface area (Å²) < 4.78 is 5.31. The van der Waals surface area contributed by atoms with Crippen LogP contribution in [0.5, 0.6) is 5.75 Å². The van der Waals surface area contributed by atoms with E-state index in [1.807, 2.05) is 19.9 Å². The molecule has 37 heavy (non-hydrogen) atoms. The normalized spacial score (nSPS) is 18.4. The molecule has 0 spiro atoms. The summed E-state index contributed by atoms with van der Waals surface area (Å²) in [6.45, 7) is 12.3. The molecule has 200 valence electrons. The molecule has 0 heterocycles. The summed E-state index contributed by atoms with van der Waals surface area (Å²) in [6, 6.07) is 7.96. The highest BCUT2D eigenvalue weighted by Gasteiger charge is 2.48. The van der Waals surface area contributed by atoms with Crippen molar-refractivity contribution in [3.8, 4) is 5.75 Å². The average molecular weight is 530 g/mol. The number of ether oxygens (including phenoxy) is 1. The number of carbonyl (C=O) groups excluding carboxylic acids is 3. The number of amides is 3. The van der Waals surface area contributed by atoms with Gasteiger partial charge in [0, 0.05) is 11.6 Å². The molecular formula is C28H36ClN3O5. The number of benzene rings is 2. The second-order valence-electron chi connectivity index (χ2n) is 10.7.